The van der Waals surface area contributed by atoms with Crippen molar-refractivity contribution in [3.8, 4) is 0 Å². The van der Waals surface area contributed by atoms with Gasteiger partial charge in [0.1, 0.15) is 5.82 Å². The fourth-order valence-electron chi connectivity index (χ4n) is 3.37. The third kappa shape index (κ3) is 3.86. The number of aryl methyl sites for hydroxylation is 1. The van der Waals surface area contributed by atoms with E-state index in [1.807, 2.05) is 19.1 Å². The average molecular weight is 425 g/mol. The Morgan fingerprint density at radius 3 is 2.61 bits per heavy atom. The normalized spacial score (nSPS) is 17.7. The van der Waals surface area contributed by atoms with Crippen molar-refractivity contribution in [2.75, 3.05) is 13.6 Å². The van der Waals surface area contributed by atoms with E-state index in [-0.39, 0.29) is 22.5 Å². The molecule has 1 saturated heterocycles. The molecule has 1 amide bonds. The Hall–Kier alpha value is -1.77. The van der Waals surface area contributed by atoms with Gasteiger partial charge >= 0.3 is 0 Å². The van der Waals surface area contributed by atoms with Crippen LogP contribution in [0.4, 0.5) is 4.39 Å². The highest BCUT2D eigenvalue weighted by molar-refractivity contribution is 7.89. The molecule has 0 radical (unpaired) electrons. The molecule has 1 aliphatic rings. The molecule has 0 saturated carbocycles. The molecule has 0 spiro atoms. The molecule has 3 rings (SSSR count). The molecule has 0 aliphatic carbocycles. The van der Waals surface area contributed by atoms with Gasteiger partial charge in [-0.15, -0.1) is 11.3 Å². The summed E-state index contributed by atoms with van der Waals surface area (Å²) in [6, 6.07) is 7.12. The largest absolute Gasteiger partial charge is 0.331 e. The summed E-state index contributed by atoms with van der Waals surface area (Å²) >= 11 is 1.63. The van der Waals surface area contributed by atoms with E-state index in [0.29, 0.717) is 6.54 Å². The lowest BCUT2D eigenvalue weighted by Crippen LogP contribution is -2.34. The number of amides is 1. The standard InChI is InChI=1S/C20H25FN2O3S2/c1-13(2)22(4)28(25,26)15-8-9-17(21)16(12-15)20(24)23-11-5-6-18(23)19-10-7-14(3)27-19/h7-10,12-13,18H,5-6,11H2,1-4H3. The Morgan fingerprint density at radius 2 is 2.00 bits per heavy atom. The first-order valence-corrected chi connectivity index (χ1v) is 11.5. The summed E-state index contributed by atoms with van der Waals surface area (Å²) in [5, 5.41) is 0. The molecule has 0 bridgehead atoms. The maximum absolute atomic E-state index is 14.5. The first-order chi connectivity index (χ1) is 13.1. The molecule has 1 aliphatic heterocycles. The Kier molecular flexibility index (Phi) is 5.93. The van der Waals surface area contributed by atoms with Crippen LogP contribution in [0, 0.1) is 12.7 Å². The van der Waals surface area contributed by atoms with Crippen LogP contribution >= 0.6 is 11.3 Å². The molecule has 1 aromatic carbocycles. The van der Waals surface area contributed by atoms with E-state index in [0.717, 1.165) is 28.7 Å². The zero-order chi connectivity index (χ0) is 20.6. The van der Waals surface area contributed by atoms with Gasteiger partial charge in [-0.2, -0.15) is 4.31 Å². The lowest BCUT2D eigenvalue weighted by atomic mass is 10.1. The van der Waals surface area contributed by atoms with Crippen molar-refractivity contribution in [3.63, 3.8) is 0 Å². The van der Waals surface area contributed by atoms with Gasteiger partial charge in [0.2, 0.25) is 10.0 Å². The lowest BCUT2D eigenvalue weighted by Gasteiger charge is -2.25. The Bertz CT molecular complexity index is 985. The molecule has 1 atom stereocenters. The van der Waals surface area contributed by atoms with Crippen LogP contribution in [0.2, 0.25) is 0 Å². The number of sulfonamides is 1. The minimum Gasteiger partial charge on any atom is -0.331 e. The summed E-state index contributed by atoms with van der Waals surface area (Å²) in [7, 11) is -2.33. The van der Waals surface area contributed by atoms with E-state index in [1.54, 1.807) is 30.1 Å². The second-order valence-electron chi connectivity index (χ2n) is 7.36. The number of hydrogen-bond donors (Lipinski definition) is 0. The minimum absolute atomic E-state index is 0.0730. The van der Waals surface area contributed by atoms with E-state index < -0.39 is 21.7 Å². The Balaban J connectivity index is 1.96. The van der Waals surface area contributed by atoms with Crippen LogP contribution in [0.5, 0.6) is 0 Å². The molecule has 1 fully saturated rings. The van der Waals surface area contributed by atoms with E-state index in [9.17, 15) is 17.6 Å². The number of carbonyl (C=O) groups excluding carboxylic acids is 1. The Labute approximate surface area is 169 Å². The first kappa shape index (κ1) is 21.0. The van der Waals surface area contributed by atoms with Crippen LogP contribution in [-0.2, 0) is 10.0 Å². The van der Waals surface area contributed by atoms with Crippen LogP contribution in [0.25, 0.3) is 0 Å². The number of hydrogen-bond acceptors (Lipinski definition) is 4. The van der Waals surface area contributed by atoms with Gasteiger partial charge in [0.05, 0.1) is 16.5 Å². The SMILES string of the molecule is Cc1ccc(C2CCCN2C(=O)c2cc(S(=O)(=O)N(C)C(C)C)ccc2F)s1. The molecule has 1 unspecified atom stereocenters. The molecular formula is C20H25FN2O3S2. The molecular weight excluding hydrogens is 399 g/mol. The van der Waals surface area contributed by atoms with Crippen molar-refractivity contribution in [1.82, 2.24) is 9.21 Å². The third-order valence-electron chi connectivity index (χ3n) is 5.18. The van der Waals surface area contributed by atoms with Crippen LogP contribution in [-0.4, -0.2) is 43.2 Å². The minimum atomic E-state index is -3.80. The van der Waals surface area contributed by atoms with Crippen molar-refractivity contribution in [2.45, 2.75) is 50.6 Å². The average Bonchev–Trinajstić information content (AvgIpc) is 3.29. The van der Waals surface area contributed by atoms with E-state index >= 15 is 0 Å². The second-order valence-corrected chi connectivity index (χ2v) is 10.7. The highest BCUT2D eigenvalue weighted by atomic mass is 32.2. The van der Waals surface area contributed by atoms with Gasteiger partial charge in [-0.25, -0.2) is 12.8 Å². The van der Waals surface area contributed by atoms with Gasteiger partial charge in [-0.1, -0.05) is 0 Å². The van der Waals surface area contributed by atoms with Crippen molar-refractivity contribution < 1.29 is 17.6 Å². The van der Waals surface area contributed by atoms with Crippen molar-refractivity contribution in [1.29, 1.82) is 0 Å². The van der Waals surface area contributed by atoms with Gasteiger partial charge in [0.15, 0.2) is 0 Å². The number of benzene rings is 1. The van der Waals surface area contributed by atoms with Crippen LogP contribution in [0.15, 0.2) is 35.2 Å². The zero-order valence-electron chi connectivity index (χ0n) is 16.5. The molecule has 8 heteroatoms. The maximum Gasteiger partial charge on any atom is 0.257 e. The van der Waals surface area contributed by atoms with Crippen molar-refractivity contribution in [2.24, 2.45) is 0 Å². The molecule has 2 heterocycles. The highest BCUT2D eigenvalue weighted by Crippen LogP contribution is 2.37. The number of nitrogens with zero attached hydrogens (tertiary/aromatic N) is 2. The zero-order valence-corrected chi connectivity index (χ0v) is 18.1. The highest BCUT2D eigenvalue weighted by Gasteiger charge is 2.33. The monoisotopic (exact) mass is 424 g/mol. The smallest absolute Gasteiger partial charge is 0.257 e. The molecule has 0 N–H and O–H groups in total. The van der Waals surface area contributed by atoms with Crippen LogP contribution < -0.4 is 0 Å². The van der Waals surface area contributed by atoms with E-state index in [4.69, 9.17) is 0 Å². The number of halogens is 1. The van der Waals surface area contributed by atoms with Gasteiger partial charge in [0, 0.05) is 29.4 Å². The summed E-state index contributed by atoms with van der Waals surface area (Å²) in [6.07, 6.45) is 1.66. The van der Waals surface area contributed by atoms with Gasteiger partial charge in [0.25, 0.3) is 5.91 Å². The maximum atomic E-state index is 14.5. The summed E-state index contributed by atoms with van der Waals surface area (Å²) in [5.74, 6) is -1.17. The molecule has 1 aromatic heterocycles. The summed E-state index contributed by atoms with van der Waals surface area (Å²) in [6.45, 7) is 6.05. The third-order valence-corrected chi connectivity index (χ3v) is 8.31. The number of carbonyl (C=O) groups is 1. The topological polar surface area (TPSA) is 57.7 Å². The quantitative estimate of drug-likeness (QED) is 0.723. The molecule has 5 nitrogen and oxygen atoms in total. The van der Waals surface area contributed by atoms with Crippen LogP contribution in [0.3, 0.4) is 0 Å². The number of rotatable bonds is 5. The predicted octanol–water partition coefficient (Wildman–Crippen LogP) is 4.20. The van der Waals surface area contributed by atoms with Gasteiger partial charge in [-0.05, 0) is 63.9 Å². The lowest BCUT2D eigenvalue weighted by molar-refractivity contribution is 0.0733. The number of likely N-dealkylation sites (tertiary alicyclic amines) is 1. The van der Waals surface area contributed by atoms with E-state index in [2.05, 4.69) is 0 Å². The molecule has 28 heavy (non-hydrogen) atoms. The molecule has 152 valence electrons. The second kappa shape index (κ2) is 7.93. The van der Waals surface area contributed by atoms with Gasteiger partial charge < -0.3 is 4.90 Å². The van der Waals surface area contributed by atoms with Crippen molar-refractivity contribution in [3.05, 3.63) is 51.5 Å². The summed E-state index contributed by atoms with van der Waals surface area (Å²) in [4.78, 5) is 16.9. The fraction of sp³-hybridized carbons (Fsp3) is 0.450. The number of thiophene rings is 1. The summed E-state index contributed by atoms with van der Waals surface area (Å²) in [5.41, 5.74) is -0.196. The van der Waals surface area contributed by atoms with Crippen LogP contribution in [0.1, 0.15) is 52.8 Å². The summed E-state index contributed by atoms with van der Waals surface area (Å²) < 4.78 is 41.2. The van der Waals surface area contributed by atoms with Gasteiger partial charge in [-0.3, -0.25) is 4.79 Å². The Morgan fingerprint density at radius 1 is 1.29 bits per heavy atom. The molecule has 2 aromatic rings. The predicted molar refractivity (Wildman–Crippen MR) is 109 cm³/mol. The fourth-order valence-corrected chi connectivity index (χ4v) is 5.78. The first-order valence-electron chi connectivity index (χ1n) is 9.28. The van der Waals surface area contributed by atoms with Crippen molar-refractivity contribution >= 4 is 27.3 Å². The van der Waals surface area contributed by atoms with E-state index in [1.165, 1.54) is 23.5 Å².